The van der Waals surface area contributed by atoms with Gasteiger partial charge in [0.1, 0.15) is 12.6 Å². The molecule has 0 saturated carbocycles. The van der Waals surface area contributed by atoms with E-state index in [4.69, 9.17) is 32.7 Å². The summed E-state index contributed by atoms with van der Waals surface area (Å²) in [5, 5.41) is 7.40. The van der Waals surface area contributed by atoms with Crippen LogP contribution in [0, 0.1) is 12.8 Å². The second-order valence-electron chi connectivity index (χ2n) is 8.98. The topological polar surface area (TPSA) is 89.0 Å². The monoisotopic (exact) mass is 555 g/mol. The smallest absolute Gasteiger partial charge is 0.262 e. The highest BCUT2D eigenvalue weighted by Crippen LogP contribution is 2.29. The number of benzene rings is 3. The van der Waals surface area contributed by atoms with E-state index in [-0.39, 0.29) is 10.9 Å². The van der Waals surface area contributed by atoms with E-state index >= 15 is 0 Å². The number of rotatable bonds is 11. The Labute approximate surface area is 233 Å². The second-order valence-corrected chi connectivity index (χ2v) is 9.79. The zero-order chi connectivity index (χ0) is 27.7. The minimum Gasteiger partial charge on any atom is -0.490 e. The van der Waals surface area contributed by atoms with Gasteiger partial charge in [-0.1, -0.05) is 66.9 Å². The Balaban J connectivity index is 1.64. The molecule has 3 aromatic rings. The van der Waals surface area contributed by atoms with Gasteiger partial charge in [0.25, 0.3) is 11.8 Å². The van der Waals surface area contributed by atoms with Gasteiger partial charge >= 0.3 is 0 Å². The molecule has 0 aliphatic heterocycles. The number of nitrogens with zero attached hydrogens (tertiary/aromatic N) is 1. The van der Waals surface area contributed by atoms with Crippen LogP contribution in [0.4, 0.5) is 0 Å². The molecule has 0 saturated heterocycles. The van der Waals surface area contributed by atoms with Gasteiger partial charge in [-0.2, -0.15) is 5.10 Å². The quantitative estimate of drug-likeness (QED) is 0.218. The van der Waals surface area contributed by atoms with Crippen LogP contribution in [0.3, 0.4) is 0 Å². The molecule has 0 spiro atoms. The van der Waals surface area contributed by atoms with Crippen molar-refractivity contribution in [2.45, 2.75) is 40.3 Å². The highest BCUT2D eigenvalue weighted by molar-refractivity contribution is 6.42. The highest BCUT2D eigenvalue weighted by atomic mass is 35.5. The summed E-state index contributed by atoms with van der Waals surface area (Å²) in [5.41, 5.74) is 5.74. The molecule has 9 heteroatoms. The number of hydrogen-bond acceptors (Lipinski definition) is 5. The van der Waals surface area contributed by atoms with Gasteiger partial charge in [-0.05, 0) is 67.3 Å². The van der Waals surface area contributed by atoms with Crippen LogP contribution in [0.5, 0.6) is 11.5 Å². The van der Waals surface area contributed by atoms with Crippen LogP contribution in [-0.4, -0.2) is 30.7 Å². The van der Waals surface area contributed by atoms with Gasteiger partial charge in [-0.25, -0.2) is 5.43 Å². The molecule has 38 heavy (non-hydrogen) atoms. The van der Waals surface area contributed by atoms with E-state index in [2.05, 4.69) is 21.9 Å². The first-order chi connectivity index (χ1) is 18.2. The van der Waals surface area contributed by atoms with Gasteiger partial charge in [0.2, 0.25) is 0 Å². The van der Waals surface area contributed by atoms with Gasteiger partial charge in [-0.3, -0.25) is 9.59 Å². The molecule has 7 nitrogen and oxygen atoms in total. The van der Waals surface area contributed by atoms with Crippen LogP contribution in [0.2, 0.25) is 10.0 Å². The van der Waals surface area contributed by atoms with E-state index in [1.165, 1.54) is 23.9 Å². The lowest BCUT2D eigenvalue weighted by atomic mass is 10.0. The second kappa shape index (κ2) is 13.8. The molecule has 0 radical (unpaired) electrons. The number of hydrogen-bond donors (Lipinski definition) is 2. The predicted molar refractivity (Wildman–Crippen MR) is 151 cm³/mol. The number of carbonyl (C=O) groups excluding carboxylic acids is 2. The Bertz CT molecular complexity index is 1310. The van der Waals surface area contributed by atoms with Crippen LogP contribution < -0.4 is 20.2 Å². The van der Waals surface area contributed by atoms with Crippen LogP contribution in [-0.2, 0) is 11.4 Å². The minimum absolute atomic E-state index is 0.189. The fourth-order valence-corrected chi connectivity index (χ4v) is 3.89. The third-order valence-electron chi connectivity index (χ3n) is 5.55. The Morgan fingerprint density at radius 2 is 1.76 bits per heavy atom. The van der Waals surface area contributed by atoms with E-state index in [0.717, 1.165) is 5.56 Å². The summed E-state index contributed by atoms with van der Waals surface area (Å²) in [6, 6.07) is 17.2. The van der Waals surface area contributed by atoms with Crippen molar-refractivity contribution < 1.29 is 19.1 Å². The van der Waals surface area contributed by atoms with E-state index in [1.807, 2.05) is 52.0 Å². The Kier molecular flexibility index (Phi) is 10.6. The van der Waals surface area contributed by atoms with Crippen molar-refractivity contribution in [3.05, 3.63) is 93.0 Å². The number of carbonyl (C=O) groups is 2. The van der Waals surface area contributed by atoms with Crippen LogP contribution >= 0.6 is 23.2 Å². The average molecular weight is 556 g/mol. The number of ether oxygens (including phenoxy) is 2. The normalized spacial score (nSPS) is 11.9. The Hall–Kier alpha value is -3.55. The highest BCUT2D eigenvalue weighted by Gasteiger charge is 2.24. The Morgan fingerprint density at radius 3 is 2.45 bits per heavy atom. The van der Waals surface area contributed by atoms with Gasteiger partial charge in [0.05, 0.1) is 22.9 Å². The lowest BCUT2D eigenvalue weighted by Gasteiger charge is -2.20. The van der Waals surface area contributed by atoms with Gasteiger partial charge in [-0.15, -0.1) is 0 Å². The molecule has 0 aliphatic rings. The van der Waals surface area contributed by atoms with Gasteiger partial charge in [0.15, 0.2) is 11.5 Å². The molecule has 2 amide bonds. The molecule has 0 heterocycles. The van der Waals surface area contributed by atoms with Crippen LogP contribution in [0.25, 0.3) is 0 Å². The van der Waals surface area contributed by atoms with E-state index < -0.39 is 17.9 Å². The molecule has 3 rings (SSSR count). The SMILES string of the molecule is CCOc1cc(/C=N\NC(=O)C(NC(=O)c2ccc(Cl)c(Cl)c2)C(C)C)ccc1OCc1cccc(C)c1. The number of amides is 2. The summed E-state index contributed by atoms with van der Waals surface area (Å²) in [5.74, 6) is 0.104. The first kappa shape index (κ1) is 29.0. The number of aryl methyl sites for hydroxylation is 1. The molecule has 1 unspecified atom stereocenters. The molecular formula is C29H31Cl2N3O4. The fraction of sp³-hybridized carbons (Fsp3) is 0.276. The summed E-state index contributed by atoms with van der Waals surface area (Å²) in [4.78, 5) is 25.5. The van der Waals surface area contributed by atoms with Crippen LogP contribution in [0.15, 0.2) is 65.8 Å². The van der Waals surface area contributed by atoms with Gasteiger partial charge < -0.3 is 14.8 Å². The number of halogens is 2. The van der Waals surface area contributed by atoms with Crippen LogP contribution in [0.1, 0.15) is 47.8 Å². The van der Waals surface area contributed by atoms with Crippen molar-refractivity contribution in [2.75, 3.05) is 6.61 Å². The lowest BCUT2D eigenvalue weighted by Crippen LogP contribution is -2.48. The summed E-state index contributed by atoms with van der Waals surface area (Å²) < 4.78 is 11.7. The van der Waals surface area contributed by atoms with Gasteiger partial charge in [0, 0.05) is 5.56 Å². The zero-order valence-electron chi connectivity index (χ0n) is 21.8. The van der Waals surface area contributed by atoms with Crippen molar-refractivity contribution in [2.24, 2.45) is 11.0 Å². The average Bonchev–Trinajstić information content (AvgIpc) is 2.88. The standard InChI is InChI=1S/C29H31Cl2N3O4/c1-5-37-26-14-20(9-12-25(26)38-17-21-8-6-7-19(4)13-21)16-32-34-29(36)27(18(2)3)33-28(35)22-10-11-23(30)24(31)15-22/h6-16,18,27H,5,17H2,1-4H3,(H,33,35)(H,34,36)/b32-16-. The van der Waals surface area contributed by atoms with Crippen molar-refractivity contribution in [3.63, 3.8) is 0 Å². The fourth-order valence-electron chi connectivity index (χ4n) is 3.59. The summed E-state index contributed by atoms with van der Waals surface area (Å²) in [7, 11) is 0. The number of hydrazone groups is 1. The third-order valence-corrected chi connectivity index (χ3v) is 6.29. The Morgan fingerprint density at radius 1 is 0.974 bits per heavy atom. The van der Waals surface area contributed by atoms with E-state index in [9.17, 15) is 9.59 Å². The zero-order valence-corrected chi connectivity index (χ0v) is 23.3. The molecule has 200 valence electrons. The molecule has 3 aromatic carbocycles. The summed E-state index contributed by atoms with van der Waals surface area (Å²) >= 11 is 11.9. The molecule has 0 aromatic heterocycles. The molecule has 0 aliphatic carbocycles. The van der Waals surface area contributed by atoms with E-state index in [1.54, 1.807) is 18.2 Å². The molecule has 0 bridgehead atoms. The predicted octanol–water partition coefficient (Wildman–Crippen LogP) is 6.18. The first-order valence-electron chi connectivity index (χ1n) is 12.2. The number of nitrogens with one attached hydrogen (secondary N) is 2. The minimum atomic E-state index is -0.814. The molecule has 1 atom stereocenters. The molecular weight excluding hydrogens is 525 g/mol. The van der Waals surface area contributed by atoms with Crippen molar-refractivity contribution in [1.29, 1.82) is 0 Å². The van der Waals surface area contributed by atoms with Crippen molar-refractivity contribution in [3.8, 4) is 11.5 Å². The maximum absolute atomic E-state index is 12.8. The first-order valence-corrected chi connectivity index (χ1v) is 13.0. The van der Waals surface area contributed by atoms with E-state index in [0.29, 0.717) is 40.9 Å². The summed E-state index contributed by atoms with van der Waals surface area (Å²) in [6.45, 7) is 8.46. The molecule has 2 N–H and O–H groups in total. The largest absolute Gasteiger partial charge is 0.490 e. The molecule has 0 fully saturated rings. The summed E-state index contributed by atoms with van der Waals surface area (Å²) in [6.07, 6.45) is 1.50. The maximum atomic E-state index is 12.8. The third kappa shape index (κ3) is 8.23. The van der Waals surface area contributed by atoms with Crippen molar-refractivity contribution >= 4 is 41.2 Å². The van der Waals surface area contributed by atoms with Crippen molar-refractivity contribution in [1.82, 2.24) is 10.7 Å². The lowest BCUT2D eigenvalue weighted by molar-refractivity contribution is -0.123. The maximum Gasteiger partial charge on any atom is 0.262 e.